The predicted molar refractivity (Wildman–Crippen MR) is 118 cm³/mol. The number of carbonyl (C=O) groups is 1. The van der Waals surface area contributed by atoms with Crippen molar-refractivity contribution in [2.45, 2.75) is 33.3 Å². The fourth-order valence-electron chi connectivity index (χ4n) is 3.01. The Hall–Kier alpha value is -2.82. The fraction of sp³-hybridized carbons (Fsp3) is 0.300. The van der Waals surface area contributed by atoms with Crippen molar-refractivity contribution in [3.05, 3.63) is 73.8 Å². The van der Waals surface area contributed by atoms with Crippen LogP contribution in [0.4, 0.5) is 5.69 Å². The topological polar surface area (TPSA) is 128 Å². The van der Waals surface area contributed by atoms with Crippen LogP contribution in [0.3, 0.4) is 0 Å². The van der Waals surface area contributed by atoms with E-state index >= 15 is 0 Å². The maximum absolute atomic E-state index is 11.5. The Kier molecular flexibility index (Phi) is 7.88. The summed E-state index contributed by atoms with van der Waals surface area (Å²) in [4.78, 5) is 22.2. The molecule has 0 spiro atoms. The van der Waals surface area contributed by atoms with Gasteiger partial charge in [0.05, 0.1) is 23.0 Å². The second-order valence-electron chi connectivity index (χ2n) is 7.00. The van der Waals surface area contributed by atoms with Crippen LogP contribution in [0.2, 0.25) is 5.02 Å². The number of nitrogens with one attached hydrogen (secondary N) is 1. The third-order valence-corrected chi connectivity index (χ3v) is 5.08. The second kappa shape index (κ2) is 9.99. The molecule has 0 aliphatic heterocycles. The number of nitrogens with zero attached hydrogens (tertiary/aromatic N) is 2. The Balaban J connectivity index is 2.60. The van der Waals surface area contributed by atoms with E-state index in [1.165, 1.54) is 19.1 Å². The van der Waals surface area contributed by atoms with Crippen molar-refractivity contribution in [3.8, 4) is 0 Å². The lowest BCUT2D eigenvalue weighted by molar-refractivity contribution is -0.385. The summed E-state index contributed by atoms with van der Waals surface area (Å²) in [7, 11) is -3.65. The quantitative estimate of drug-likeness (QED) is 0.274. The molecule has 2 aromatic carbocycles. The molecule has 1 amide bonds. The lowest BCUT2D eigenvalue weighted by atomic mass is 9.93. The number of nitro benzene ring substituents is 1. The fourth-order valence-corrected chi connectivity index (χ4v) is 3.85. The lowest BCUT2D eigenvalue weighted by Crippen LogP contribution is -2.21. The molecule has 31 heavy (non-hydrogen) atoms. The molecule has 2 aromatic rings. The number of halogens is 1. The van der Waals surface area contributed by atoms with Crippen molar-refractivity contribution in [2.24, 2.45) is 5.10 Å². The average Bonchev–Trinajstić information content (AvgIpc) is 2.62. The van der Waals surface area contributed by atoms with Gasteiger partial charge in [0.1, 0.15) is 0 Å². The number of rotatable bonds is 8. The van der Waals surface area contributed by atoms with Crippen LogP contribution in [-0.4, -0.2) is 37.3 Å². The predicted octanol–water partition coefficient (Wildman–Crippen LogP) is 3.35. The van der Waals surface area contributed by atoms with Gasteiger partial charge >= 0.3 is 0 Å². The highest BCUT2D eigenvalue weighted by atomic mass is 35.5. The van der Waals surface area contributed by atoms with E-state index in [2.05, 4.69) is 10.5 Å². The van der Waals surface area contributed by atoms with Crippen molar-refractivity contribution in [1.29, 1.82) is 0 Å². The van der Waals surface area contributed by atoms with Crippen LogP contribution in [0, 0.1) is 17.0 Å². The van der Waals surface area contributed by atoms with Gasteiger partial charge in [-0.25, -0.2) is 5.43 Å². The summed E-state index contributed by atoms with van der Waals surface area (Å²) in [6, 6.07) is 9.44. The number of aryl methyl sites for hydroxylation is 1. The maximum atomic E-state index is 11.5. The minimum Gasteiger partial charge on any atom is -0.274 e. The van der Waals surface area contributed by atoms with Crippen molar-refractivity contribution in [3.63, 3.8) is 0 Å². The van der Waals surface area contributed by atoms with Gasteiger partial charge in [0.25, 0.3) is 15.8 Å². The molecule has 0 aromatic heterocycles. The number of hydrogen-bond acceptors (Lipinski definition) is 7. The van der Waals surface area contributed by atoms with Crippen LogP contribution in [0.5, 0.6) is 0 Å². The van der Waals surface area contributed by atoms with E-state index in [0.717, 1.165) is 6.26 Å². The van der Waals surface area contributed by atoms with Crippen LogP contribution in [0.15, 0.2) is 41.5 Å². The third kappa shape index (κ3) is 7.12. The number of benzene rings is 2. The summed E-state index contributed by atoms with van der Waals surface area (Å²) in [5, 5.41) is 15.7. The molecule has 0 radical (unpaired) electrons. The molecule has 1 N–H and O–H groups in total. The third-order valence-electron chi connectivity index (χ3n) is 4.17. The van der Waals surface area contributed by atoms with Gasteiger partial charge < -0.3 is 0 Å². The minimum atomic E-state index is -3.65. The van der Waals surface area contributed by atoms with Gasteiger partial charge in [0.2, 0.25) is 5.91 Å². The van der Waals surface area contributed by atoms with Crippen molar-refractivity contribution in [2.75, 3.05) is 6.26 Å². The highest BCUT2D eigenvalue weighted by molar-refractivity contribution is 7.86. The van der Waals surface area contributed by atoms with E-state index in [0.29, 0.717) is 33.0 Å². The van der Waals surface area contributed by atoms with Crippen molar-refractivity contribution >= 4 is 39.0 Å². The molecule has 1 unspecified atom stereocenters. The maximum Gasteiger partial charge on any atom is 0.272 e. The number of hydrazone groups is 1. The van der Waals surface area contributed by atoms with E-state index in [1.807, 2.05) is 0 Å². The number of carbonyl (C=O) groups excluding carboxylic acids is 1. The van der Waals surface area contributed by atoms with E-state index in [1.54, 1.807) is 38.1 Å². The standard InChI is InChI=1S/C20H22ClN3O6S/c1-12-9-16(6-8-19(12)24(26)27)20(23-22-14(3)25)18-11-17(21)7-5-15(18)10-13(2)30-31(4,28)29/h5-9,11,13H,10H2,1-4H3,(H,22,25). The molecular weight excluding hydrogens is 446 g/mol. The summed E-state index contributed by atoms with van der Waals surface area (Å²) in [6.45, 7) is 4.50. The molecule has 0 aliphatic carbocycles. The van der Waals surface area contributed by atoms with Crippen LogP contribution in [0.1, 0.15) is 36.1 Å². The molecule has 166 valence electrons. The largest absolute Gasteiger partial charge is 0.274 e. The molecule has 11 heteroatoms. The Morgan fingerprint density at radius 2 is 1.97 bits per heavy atom. The molecule has 0 bridgehead atoms. The molecule has 2 rings (SSSR count). The first-order valence-corrected chi connectivity index (χ1v) is 11.3. The molecular formula is C20H22ClN3O6S. The average molecular weight is 468 g/mol. The highest BCUT2D eigenvalue weighted by Gasteiger charge is 2.20. The van der Waals surface area contributed by atoms with E-state index in [9.17, 15) is 23.3 Å². The first kappa shape index (κ1) is 24.4. The summed E-state index contributed by atoms with van der Waals surface area (Å²) in [5.41, 5.74) is 4.76. The van der Waals surface area contributed by atoms with Gasteiger partial charge in [-0.05, 0) is 43.7 Å². The first-order chi connectivity index (χ1) is 14.4. The summed E-state index contributed by atoms with van der Waals surface area (Å²) in [5.74, 6) is -0.409. The van der Waals surface area contributed by atoms with Gasteiger partial charge in [-0.2, -0.15) is 13.5 Å². The zero-order valence-corrected chi connectivity index (χ0v) is 19.0. The van der Waals surface area contributed by atoms with E-state index < -0.39 is 27.1 Å². The summed E-state index contributed by atoms with van der Waals surface area (Å²) in [6.07, 6.45) is 0.510. The molecule has 9 nitrogen and oxygen atoms in total. The molecule has 0 saturated heterocycles. The Morgan fingerprint density at radius 1 is 1.29 bits per heavy atom. The molecule has 0 heterocycles. The summed E-state index contributed by atoms with van der Waals surface area (Å²) < 4.78 is 27.9. The Bertz CT molecular complexity index is 1150. The highest BCUT2D eigenvalue weighted by Crippen LogP contribution is 2.25. The van der Waals surface area contributed by atoms with Crippen molar-refractivity contribution in [1.82, 2.24) is 5.43 Å². The van der Waals surface area contributed by atoms with Gasteiger partial charge in [0, 0.05) is 41.1 Å². The van der Waals surface area contributed by atoms with Crippen molar-refractivity contribution < 1.29 is 22.3 Å². The van der Waals surface area contributed by atoms with Crippen LogP contribution < -0.4 is 5.43 Å². The molecule has 0 aliphatic rings. The van der Waals surface area contributed by atoms with Gasteiger partial charge in [-0.15, -0.1) is 0 Å². The first-order valence-electron chi connectivity index (χ1n) is 9.14. The van der Waals surface area contributed by atoms with E-state index in [-0.39, 0.29) is 12.1 Å². The number of nitro groups is 1. The smallest absolute Gasteiger partial charge is 0.272 e. The zero-order valence-electron chi connectivity index (χ0n) is 17.4. The lowest BCUT2D eigenvalue weighted by Gasteiger charge is -2.17. The van der Waals surface area contributed by atoms with Crippen LogP contribution in [0.25, 0.3) is 0 Å². The van der Waals surface area contributed by atoms with E-state index in [4.69, 9.17) is 15.8 Å². The molecule has 1 atom stereocenters. The number of hydrogen-bond donors (Lipinski definition) is 1. The molecule has 0 saturated carbocycles. The monoisotopic (exact) mass is 467 g/mol. The second-order valence-corrected chi connectivity index (χ2v) is 9.04. The zero-order chi connectivity index (χ0) is 23.3. The van der Waals surface area contributed by atoms with Crippen LogP contribution >= 0.6 is 11.6 Å². The van der Waals surface area contributed by atoms with Crippen LogP contribution in [-0.2, 0) is 25.5 Å². The van der Waals surface area contributed by atoms with Gasteiger partial charge in [-0.1, -0.05) is 17.7 Å². The van der Waals surface area contributed by atoms with Gasteiger partial charge in [0.15, 0.2) is 0 Å². The molecule has 0 fully saturated rings. The minimum absolute atomic E-state index is 0.0517. The summed E-state index contributed by atoms with van der Waals surface area (Å²) >= 11 is 6.19. The number of amides is 1. The normalized spacial score (nSPS) is 13.0. The Morgan fingerprint density at radius 3 is 2.52 bits per heavy atom. The Labute approximate surface area is 185 Å². The van der Waals surface area contributed by atoms with Gasteiger partial charge in [-0.3, -0.25) is 19.1 Å². The SMILES string of the molecule is CC(=O)NN=C(c1ccc([N+](=O)[O-])c(C)c1)c1cc(Cl)ccc1CC(C)OS(C)(=O)=O.